The van der Waals surface area contributed by atoms with Gasteiger partial charge in [-0.25, -0.2) is 0 Å². The van der Waals surface area contributed by atoms with Gasteiger partial charge in [-0.1, -0.05) is 27.7 Å². The van der Waals surface area contributed by atoms with Crippen LogP contribution in [0.1, 0.15) is 40.5 Å². The number of hydrogen-bond acceptors (Lipinski definition) is 2. The largest absolute Gasteiger partial charge is 0.392 e. The normalized spacial score (nSPS) is 11.7. The van der Waals surface area contributed by atoms with E-state index in [0.29, 0.717) is 0 Å². The van der Waals surface area contributed by atoms with Crippen molar-refractivity contribution >= 4 is 0 Å². The molecule has 0 aromatic rings. The monoisotopic (exact) mass is 161 g/mol. The summed E-state index contributed by atoms with van der Waals surface area (Å²) in [6, 6.07) is 0. The Bertz CT molecular complexity index is 57.5. The molecular formula is C9H23NO. The van der Waals surface area contributed by atoms with Crippen molar-refractivity contribution < 1.29 is 5.11 Å². The van der Waals surface area contributed by atoms with E-state index in [2.05, 4.69) is 12.2 Å². The zero-order valence-electron chi connectivity index (χ0n) is 8.35. The van der Waals surface area contributed by atoms with E-state index in [1.807, 2.05) is 20.8 Å². The molecular weight excluding hydrogens is 138 g/mol. The van der Waals surface area contributed by atoms with E-state index in [0.717, 1.165) is 25.9 Å². The Kier molecular flexibility index (Phi) is 15.4. The molecule has 70 valence electrons. The zero-order chi connectivity index (χ0) is 9.11. The highest BCUT2D eigenvalue weighted by Gasteiger charge is 1.96. The second-order valence-corrected chi connectivity index (χ2v) is 2.27. The molecule has 0 rings (SSSR count). The second-order valence-electron chi connectivity index (χ2n) is 2.27. The van der Waals surface area contributed by atoms with Crippen molar-refractivity contribution in [1.82, 2.24) is 5.32 Å². The summed E-state index contributed by atoms with van der Waals surface area (Å²) < 4.78 is 0. The first kappa shape index (κ1) is 13.5. The molecule has 0 aliphatic rings. The van der Waals surface area contributed by atoms with E-state index >= 15 is 0 Å². The van der Waals surface area contributed by atoms with Gasteiger partial charge in [-0.15, -0.1) is 0 Å². The lowest BCUT2D eigenvalue weighted by molar-refractivity contribution is 0.167. The zero-order valence-corrected chi connectivity index (χ0v) is 8.35. The van der Waals surface area contributed by atoms with Crippen LogP contribution in [0.15, 0.2) is 0 Å². The van der Waals surface area contributed by atoms with E-state index in [1.165, 1.54) is 0 Å². The van der Waals surface area contributed by atoms with Crippen LogP contribution in [0, 0.1) is 0 Å². The minimum atomic E-state index is -0.156. The molecule has 0 bridgehead atoms. The van der Waals surface area contributed by atoms with Crippen molar-refractivity contribution in [3.63, 3.8) is 0 Å². The molecule has 0 aromatic carbocycles. The fourth-order valence-corrected chi connectivity index (χ4v) is 0.590. The fourth-order valence-electron chi connectivity index (χ4n) is 0.590. The Balaban J connectivity index is 0. The Morgan fingerprint density at radius 1 is 1.27 bits per heavy atom. The van der Waals surface area contributed by atoms with Gasteiger partial charge in [-0.05, 0) is 19.4 Å². The summed E-state index contributed by atoms with van der Waals surface area (Å²) >= 11 is 0. The summed E-state index contributed by atoms with van der Waals surface area (Å²) in [6.07, 6.45) is 1.82. The Labute approximate surface area is 71.0 Å². The first-order valence-corrected chi connectivity index (χ1v) is 4.70. The van der Waals surface area contributed by atoms with Crippen LogP contribution in [0.25, 0.3) is 0 Å². The summed E-state index contributed by atoms with van der Waals surface area (Å²) in [5.74, 6) is 0. The lowest BCUT2D eigenvalue weighted by Crippen LogP contribution is -2.26. The van der Waals surface area contributed by atoms with Gasteiger partial charge in [-0.2, -0.15) is 0 Å². The van der Waals surface area contributed by atoms with E-state index in [4.69, 9.17) is 5.11 Å². The van der Waals surface area contributed by atoms with Crippen LogP contribution in [0.2, 0.25) is 0 Å². The molecule has 11 heavy (non-hydrogen) atoms. The highest BCUT2D eigenvalue weighted by molar-refractivity contribution is 4.55. The number of aliphatic hydroxyl groups is 1. The molecule has 1 atom stereocenters. The first-order valence-electron chi connectivity index (χ1n) is 4.70. The number of hydrogen-bond donors (Lipinski definition) is 2. The predicted molar refractivity (Wildman–Crippen MR) is 50.8 cm³/mol. The average molecular weight is 161 g/mol. The lowest BCUT2D eigenvalue weighted by atomic mass is 10.3. The van der Waals surface area contributed by atoms with Crippen molar-refractivity contribution in [3.05, 3.63) is 0 Å². The minimum absolute atomic E-state index is 0.156. The van der Waals surface area contributed by atoms with Crippen LogP contribution < -0.4 is 5.32 Å². The lowest BCUT2D eigenvalue weighted by Gasteiger charge is -2.07. The van der Waals surface area contributed by atoms with Gasteiger partial charge in [0.05, 0.1) is 6.10 Å². The predicted octanol–water partition coefficient (Wildman–Crippen LogP) is 1.78. The second kappa shape index (κ2) is 12.6. The molecule has 0 amide bonds. The quantitative estimate of drug-likeness (QED) is 0.602. The highest BCUT2D eigenvalue weighted by atomic mass is 16.3. The molecule has 0 saturated carbocycles. The number of rotatable bonds is 5. The molecule has 0 heterocycles. The average Bonchev–Trinajstić information content (AvgIpc) is 2.08. The molecule has 2 N–H and O–H groups in total. The maximum Gasteiger partial charge on any atom is 0.0662 e. The summed E-state index contributed by atoms with van der Waals surface area (Å²) in [7, 11) is 0. The van der Waals surface area contributed by atoms with Crippen LogP contribution in [-0.2, 0) is 0 Å². The summed E-state index contributed by atoms with van der Waals surface area (Å²) in [6.45, 7) is 9.85. The number of nitrogens with one attached hydrogen (secondary N) is 1. The SMILES string of the molecule is CC.CCCNCC(O)CC. The molecule has 0 aromatic heterocycles. The summed E-state index contributed by atoms with van der Waals surface area (Å²) in [4.78, 5) is 0. The van der Waals surface area contributed by atoms with Crippen molar-refractivity contribution in [2.45, 2.75) is 46.6 Å². The van der Waals surface area contributed by atoms with Crippen LogP contribution >= 0.6 is 0 Å². The molecule has 0 radical (unpaired) electrons. The van der Waals surface area contributed by atoms with Crippen molar-refractivity contribution in [3.8, 4) is 0 Å². The number of aliphatic hydroxyl groups excluding tert-OH is 1. The topological polar surface area (TPSA) is 32.3 Å². The van der Waals surface area contributed by atoms with Crippen LogP contribution in [0.3, 0.4) is 0 Å². The first-order chi connectivity index (χ1) is 5.31. The Morgan fingerprint density at radius 2 is 1.82 bits per heavy atom. The highest BCUT2D eigenvalue weighted by Crippen LogP contribution is 1.85. The molecule has 0 spiro atoms. The van der Waals surface area contributed by atoms with Gasteiger partial charge >= 0.3 is 0 Å². The third kappa shape index (κ3) is 13.0. The van der Waals surface area contributed by atoms with E-state index in [-0.39, 0.29) is 6.10 Å². The third-order valence-electron chi connectivity index (χ3n) is 1.28. The van der Waals surface area contributed by atoms with Crippen LogP contribution in [0.5, 0.6) is 0 Å². The molecule has 1 unspecified atom stereocenters. The van der Waals surface area contributed by atoms with Crippen molar-refractivity contribution in [2.24, 2.45) is 0 Å². The smallest absolute Gasteiger partial charge is 0.0662 e. The van der Waals surface area contributed by atoms with Gasteiger partial charge in [0.2, 0.25) is 0 Å². The fraction of sp³-hybridized carbons (Fsp3) is 1.00. The minimum Gasteiger partial charge on any atom is -0.392 e. The molecule has 2 heteroatoms. The molecule has 0 aliphatic heterocycles. The molecule has 0 aliphatic carbocycles. The third-order valence-corrected chi connectivity index (χ3v) is 1.28. The van der Waals surface area contributed by atoms with E-state index < -0.39 is 0 Å². The van der Waals surface area contributed by atoms with E-state index in [1.54, 1.807) is 0 Å². The van der Waals surface area contributed by atoms with Crippen LogP contribution in [0.4, 0.5) is 0 Å². The van der Waals surface area contributed by atoms with Crippen molar-refractivity contribution in [2.75, 3.05) is 13.1 Å². The van der Waals surface area contributed by atoms with Crippen LogP contribution in [-0.4, -0.2) is 24.3 Å². The maximum absolute atomic E-state index is 9.02. The van der Waals surface area contributed by atoms with Gasteiger partial charge in [0.25, 0.3) is 0 Å². The standard InChI is InChI=1S/C7H17NO.C2H6/c1-3-5-8-6-7(9)4-2;1-2/h7-9H,3-6H2,1-2H3;1-2H3. The maximum atomic E-state index is 9.02. The van der Waals surface area contributed by atoms with E-state index in [9.17, 15) is 0 Å². The van der Waals surface area contributed by atoms with Gasteiger partial charge in [0, 0.05) is 6.54 Å². The van der Waals surface area contributed by atoms with Crippen molar-refractivity contribution in [1.29, 1.82) is 0 Å². The molecule has 0 saturated heterocycles. The Hall–Kier alpha value is -0.0800. The Morgan fingerprint density at radius 3 is 2.18 bits per heavy atom. The van der Waals surface area contributed by atoms with Gasteiger partial charge in [-0.3, -0.25) is 0 Å². The molecule has 2 nitrogen and oxygen atoms in total. The van der Waals surface area contributed by atoms with Gasteiger partial charge in [0.1, 0.15) is 0 Å². The van der Waals surface area contributed by atoms with Gasteiger partial charge < -0.3 is 10.4 Å². The van der Waals surface area contributed by atoms with Gasteiger partial charge in [0.15, 0.2) is 0 Å². The summed E-state index contributed by atoms with van der Waals surface area (Å²) in [5, 5.41) is 12.2. The molecule has 0 fully saturated rings. The summed E-state index contributed by atoms with van der Waals surface area (Å²) in [5.41, 5.74) is 0.